The second-order valence-electron chi connectivity index (χ2n) is 2.94. The Labute approximate surface area is 67.6 Å². The lowest BCUT2D eigenvalue weighted by Gasteiger charge is -2.21. The fraction of sp³-hybridized carbons (Fsp3) is 0.444. The molecule has 0 saturated carbocycles. The number of carbonyl (C=O) groups excluding carboxylic acids is 1. The highest BCUT2D eigenvalue weighted by Gasteiger charge is 2.19. The third-order valence-electron chi connectivity index (χ3n) is 1.50. The number of ether oxygens (including phenoxy) is 1. The van der Waals surface area contributed by atoms with Crippen molar-refractivity contribution in [1.82, 2.24) is 0 Å². The molecule has 0 aliphatic heterocycles. The molecule has 0 unspecified atom stereocenters. The van der Waals surface area contributed by atoms with Gasteiger partial charge in [0.1, 0.15) is 5.76 Å². The molecule has 0 aromatic heterocycles. The van der Waals surface area contributed by atoms with Gasteiger partial charge in [-0.2, -0.15) is 0 Å². The lowest BCUT2D eigenvalue weighted by molar-refractivity contribution is -0.138. The van der Waals surface area contributed by atoms with Crippen molar-refractivity contribution in [2.45, 2.75) is 20.8 Å². The van der Waals surface area contributed by atoms with E-state index in [2.05, 4.69) is 13.2 Å². The Balaban J connectivity index is 4.24. The summed E-state index contributed by atoms with van der Waals surface area (Å²) >= 11 is 0. The van der Waals surface area contributed by atoms with Crippen molar-refractivity contribution in [3.05, 3.63) is 25.0 Å². The first-order chi connectivity index (χ1) is 4.90. The van der Waals surface area contributed by atoms with Crippen molar-refractivity contribution in [3.8, 4) is 0 Å². The smallest absolute Gasteiger partial charge is 0.307 e. The number of esters is 1. The molecule has 11 heavy (non-hydrogen) atoms. The fourth-order valence-corrected chi connectivity index (χ4v) is 0.419. The molecule has 0 aliphatic rings. The van der Waals surface area contributed by atoms with Crippen molar-refractivity contribution in [3.63, 3.8) is 0 Å². The maximum atomic E-state index is 10.5. The van der Waals surface area contributed by atoms with E-state index in [4.69, 9.17) is 4.74 Å². The first-order valence-electron chi connectivity index (χ1n) is 3.41. The Morgan fingerprint density at radius 3 is 2.27 bits per heavy atom. The summed E-state index contributed by atoms with van der Waals surface area (Å²) in [5.41, 5.74) is -0.342. The summed E-state index contributed by atoms with van der Waals surface area (Å²) in [6.45, 7) is 12.3. The largest absolute Gasteiger partial charge is 0.431 e. The van der Waals surface area contributed by atoms with Gasteiger partial charge in [0.15, 0.2) is 0 Å². The van der Waals surface area contributed by atoms with Gasteiger partial charge < -0.3 is 4.74 Å². The lowest BCUT2D eigenvalue weighted by Crippen LogP contribution is -2.14. The minimum absolute atomic E-state index is 0.342. The van der Waals surface area contributed by atoms with Crippen LogP contribution in [0.15, 0.2) is 25.0 Å². The van der Waals surface area contributed by atoms with Crippen LogP contribution < -0.4 is 0 Å². The van der Waals surface area contributed by atoms with Crippen LogP contribution in [0.4, 0.5) is 0 Å². The minimum Gasteiger partial charge on any atom is -0.431 e. The molecule has 0 aromatic carbocycles. The number of allylic oxidation sites excluding steroid dienone is 1. The number of rotatable bonds is 3. The van der Waals surface area contributed by atoms with Crippen LogP contribution in [0.2, 0.25) is 0 Å². The van der Waals surface area contributed by atoms with Crippen LogP contribution in [-0.2, 0) is 9.53 Å². The second kappa shape index (κ2) is 3.37. The molecule has 0 N–H and O–H groups in total. The Morgan fingerprint density at radius 2 is 2.00 bits per heavy atom. The third kappa shape index (κ3) is 3.03. The second-order valence-corrected chi connectivity index (χ2v) is 2.94. The summed E-state index contributed by atoms with van der Waals surface area (Å²) in [5, 5.41) is 0. The van der Waals surface area contributed by atoms with E-state index in [-0.39, 0.29) is 11.4 Å². The molecule has 0 radical (unpaired) electrons. The van der Waals surface area contributed by atoms with Crippen LogP contribution in [0.25, 0.3) is 0 Å². The zero-order valence-corrected chi connectivity index (χ0v) is 7.31. The van der Waals surface area contributed by atoms with E-state index in [1.54, 1.807) is 6.08 Å². The molecule has 0 atom stereocenters. The molecule has 0 saturated heterocycles. The lowest BCUT2D eigenvalue weighted by atomic mass is 9.92. The highest BCUT2D eigenvalue weighted by atomic mass is 16.5. The topological polar surface area (TPSA) is 26.3 Å². The fourth-order valence-electron chi connectivity index (χ4n) is 0.419. The molecular formula is C9H14O2. The molecule has 0 aromatic rings. The molecule has 0 fully saturated rings. The summed E-state index contributed by atoms with van der Waals surface area (Å²) < 4.78 is 4.80. The van der Waals surface area contributed by atoms with Crippen molar-refractivity contribution >= 4 is 5.97 Å². The molecule has 2 nitrogen and oxygen atoms in total. The Bertz CT molecular complexity index is 190. The molecular weight excluding hydrogens is 140 g/mol. The predicted molar refractivity (Wildman–Crippen MR) is 44.9 cm³/mol. The molecule has 0 rings (SSSR count). The van der Waals surface area contributed by atoms with Crippen LogP contribution >= 0.6 is 0 Å². The molecule has 0 spiro atoms. The maximum absolute atomic E-state index is 10.5. The van der Waals surface area contributed by atoms with Crippen LogP contribution in [0.5, 0.6) is 0 Å². The van der Waals surface area contributed by atoms with Crippen molar-refractivity contribution in [1.29, 1.82) is 0 Å². The van der Waals surface area contributed by atoms with Crippen LogP contribution in [0.1, 0.15) is 20.8 Å². The Hall–Kier alpha value is -1.05. The average Bonchev–Trinajstić information content (AvgIpc) is 1.86. The number of carbonyl (C=O) groups is 1. The van der Waals surface area contributed by atoms with E-state index in [0.29, 0.717) is 5.76 Å². The summed E-state index contributed by atoms with van der Waals surface area (Å²) in [6, 6.07) is 0. The summed E-state index contributed by atoms with van der Waals surface area (Å²) in [6.07, 6.45) is 1.69. The van der Waals surface area contributed by atoms with Gasteiger partial charge in [0.2, 0.25) is 0 Å². The van der Waals surface area contributed by atoms with Gasteiger partial charge in [0.25, 0.3) is 0 Å². The molecule has 62 valence electrons. The Kier molecular flexibility index (Phi) is 3.05. The van der Waals surface area contributed by atoms with Crippen molar-refractivity contribution in [2.24, 2.45) is 5.41 Å². The van der Waals surface area contributed by atoms with Gasteiger partial charge in [0.05, 0.1) is 0 Å². The zero-order chi connectivity index (χ0) is 9.07. The predicted octanol–water partition coefficient (Wildman–Crippen LogP) is 2.28. The maximum Gasteiger partial charge on any atom is 0.307 e. The van der Waals surface area contributed by atoms with Gasteiger partial charge in [0, 0.05) is 12.3 Å². The first kappa shape index (κ1) is 9.95. The zero-order valence-electron chi connectivity index (χ0n) is 7.31. The number of hydrogen-bond acceptors (Lipinski definition) is 2. The highest BCUT2D eigenvalue weighted by Crippen LogP contribution is 2.26. The SMILES string of the molecule is C=CC(C)(C)C(=C)OC(C)=O. The molecule has 0 aliphatic carbocycles. The van der Waals surface area contributed by atoms with Gasteiger partial charge in [-0.3, -0.25) is 4.79 Å². The molecule has 0 amide bonds. The van der Waals surface area contributed by atoms with Gasteiger partial charge in [-0.1, -0.05) is 12.7 Å². The quantitative estimate of drug-likeness (QED) is 0.354. The first-order valence-corrected chi connectivity index (χ1v) is 3.41. The standard InChI is InChI=1S/C9H14O2/c1-6-9(4,5)7(2)11-8(3)10/h6H,1-2H2,3-5H3. The molecule has 0 bridgehead atoms. The van der Waals surface area contributed by atoms with Gasteiger partial charge in [-0.15, -0.1) is 6.58 Å². The van der Waals surface area contributed by atoms with Crippen LogP contribution in [-0.4, -0.2) is 5.97 Å². The van der Waals surface area contributed by atoms with E-state index >= 15 is 0 Å². The van der Waals surface area contributed by atoms with E-state index < -0.39 is 0 Å². The molecule has 2 heteroatoms. The van der Waals surface area contributed by atoms with Crippen molar-refractivity contribution in [2.75, 3.05) is 0 Å². The van der Waals surface area contributed by atoms with E-state index in [0.717, 1.165) is 0 Å². The van der Waals surface area contributed by atoms with Crippen LogP contribution in [0.3, 0.4) is 0 Å². The monoisotopic (exact) mass is 154 g/mol. The summed E-state index contributed by atoms with van der Waals surface area (Å²) in [4.78, 5) is 10.5. The third-order valence-corrected chi connectivity index (χ3v) is 1.50. The van der Waals surface area contributed by atoms with Gasteiger partial charge in [-0.25, -0.2) is 0 Å². The van der Waals surface area contributed by atoms with Gasteiger partial charge in [-0.05, 0) is 13.8 Å². The van der Waals surface area contributed by atoms with E-state index in [9.17, 15) is 4.79 Å². The van der Waals surface area contributed by atoms with Crippen LogP contribution in [0, 0.1) is 5.41 Å². The molecule has 0 heterocycles. The summed E-state index contributed by atoms with van der Waals surface area (Å²) in [7, 11) is 0. The average molecular weight is 154 g/mol. The van der Waals surface area contributed by atoms with Crippen molar-refractivity contribution < 1.29 is 9.53 Å². The minimum atomic E-state index is -0.343. The normalized spacial score (nSPS) is 10.5. The summed E-state index contributed by atoms with van der Waals surface area (Å²) in [5.74, 6) is 0.0879. The number of hydrogen-bond donors (Lipinski definition) is 0. The highest BCUT2D eigenvalue weighted by molar-refractivity contribution is 5.67. The Morgan fingerprint density at radius 1 is 1.55 bits per heavy atom. The van der Waals surface area contributed by atoms with E-state index in [1.807, 2.05) is 13.8 Å². The van der Waals surface area contributed by atoms with Gasteiger partial charge >= 0.3 is 5.97 Å². The van der Waals surface area contributed by atoms with E-state index in [1.165, 1.54) is 6.92 Å².